The number of aliphatic hydroxyl groups is 2. The first-order chi connectivity index (χ1) is 15.1. The van der Waals surface area contributed by atoms with E-state index in [-0.39, 0.29) is 5.92 Å². The Bertz CT molecular complexity index is 842. The first-order valence-corrected chi connectivity index (χ1v) is 12.0. The average molecular weight is 421 g/mol. The number of hydrogen-bond donors (Lipinski definition) is 2. The van der Waals surface area contributed by atoms with Crippen LogP contribution in [0.2, 0.25) is 0 Å². The summed E-state index contributed by atoms with van der Waals surface area (Å²) in [6.07, 6.45) is 3.51. The van der Waals surface area contributed by atoms with Crippen molar-refractivity contribution in [2.45, 2.75) is 50.0 Å². The number of nitrogens with zero attached hydrogens (tertiary/aromatic N) is 2. The molecule has 4 atom stereocenters. The summed E-state index contributed by atoms with van der Waals surface area (Å²) in [5.74, 6) is 1.52. The standard InChI is InChI=1S/C27H36N2O2/c1-28(26-23-17-29(18-24(23)26)16-20-10-4-2-5-11-20)19-25(30)27(31,22-14-8-9-15-22)21-12-6-3-7-13-21/h2-7,10-13,22-26,30-31H,8-9,14-19H2,1H3. The molecule has 2 N–H and O–H groups in total. The van der Waals surface area contributed by atoms with Crippen LogP contribution in [0, 0.1) is 17.8 Å². The summed E-state index contributed by atoms with van der Waals surface area (Å²) in [4.78, 5) is 4.88. The van der Waals surface area contributed by atoms with Crippen LogP contribution in [-0.2, 0) is 12.1 Å². The van der Waals surface area contributed by atoms with E-state index in [0.717, 1.165) is 50.9 Å². The number of aliphatic hydroxyl groups excluding tert-OH is 1. The maximum Gasteiger partial charge on any atom is 0.119 e. The van der Waals surface area contributed by atoms with Crippen molar-refractivity contribution in [3.8, 4) is 0 Å². The summed E-state index contributed by atoms with van der Waals surface area (Å²) in [5, 5.41) is 23.2. The Hall–Kier alpha value is -1.72. The van der Waals surface area contributed by atoms with E-state index in [1.54, 1.807) is 0 Å². The first-order valence-electron chi connectivity index (χ1n) is 12.0. The minimum Gasteiger partial charge on any atom is -0.388 e. The minimum absolute atomic E-state index is 0.137. The molecule has 2 aromatic rings. The Morgan fingerprint density at radius 2 is 1.55 bits per heavy atom. The van der Waals surface area contributed by atoms with Gasteiger partial charge in [0.25, 0.3) is 0 Å². The highest BCUT2D eigenvalue weighted by molar-refractivity contribution is 5.26. The number of piperidine rings is 1. The molecular formula is C27H36N2O2. The number of likely N-dealkylation sites (tertiary alicyclic amines) is 1. The van der Waals surface area contributed by atoms with Crippen molar-refractivity contribution < 1.29 is 10.2 Å². The van der Waals surface area contributed by atoms with Gasteiger partial charge in [0.05, 0.1) is 6.10 Å². The van der Waals surface area contributed by atoms with Gasteiger partial charge in [-0.3, -0.25) is 4.90 Å². The molecule has 0 spiro atoms. The molecule has 1 aliphatic heterocycles. The van der Waals surface area contributed by atoms with Gasteiger partial charge in [0, 0.05) is 32.2 Å². The average Bonchev–Trinajstić information content (AvgIpc) is 3.16. The van der Waals surface area contributed by atoms with Gasteiger partial charge in [-0.2, -0.15) is 0 Å². The Labute approximate surface area is 186 Å². The second-order valence-corrected chi connectivity index (χ2v) is 10.1. The van der Waals surface area contributed by atoms with Crippen molar-refractivity contribution >= 4 is 0 Å². The first kappa shape index (κ1) is 21.1. The Kier molecular flexibility index (Phi) is 5.91. The van der Waals surface area contributed by atoms with Gasteiger partial charge in [-0.1, -0.05) is 73.5 Å². The van der Waals surface area contributed by atoms with Crippen LogP contribution in [-0.4, -0.2) is 58.8 Å². The molecule has 5 rings (SSSR count). The van der Waals surface area contributed by atoms with Gasteiger partial charge in [0.2, 0.25) is 0 Å². The quantitative estimate of drug-likeness (QED) is 0.686. The number of fused-ring (bicyclic) bond motifs is 1. The summed E-state index contributed by atoms with van der Waals surface area (Å²) in [6.45, 7) is 3.83. The van der Waals surface area contributed by atoms with Crippen LogP contribution in [0.3, 0.4) is 0 Å². The van der Waals surface area contributed by atoms with Gasteiger partial charge >= 0.3 is 0 Å². The van der Waals surface area contributed by atoms with Crippen LogP contribution in [0.25, 0.3) is 0 Å². The van der Waals surface area contributed by atoms with Crippen LogP contribution >= 0.6 is 0 Å². The van der Waals surface area contributed by atoms with E-state index in [1.165, 1.54) is 5.56 Å². The van der Waals surface area contributed by atoms with Gasteiger partial charge in [0.1, 0.15) is 5.60 Å². The summed E-state index contributed by atoms with van der Waals surface area (Å²) in [5.41, 5.74) is 1.09. The maximum atomic E-state index is 11.8. The lowest BCUT2D eigenvalue weighted by Gasteiger charge is -2.40. The molecule has 0 radical (unpaired) electrons. The molecule has 2 aromatic carbocycles. The van der Waals surface area contributed by atoms with E-state index < -0.39 is 11.7 Å². The number of likely N-dealkylation sites (N-methyl/N-ethyl adjacent to an activating group) is 1. The number of benzene rings is 2. The zero-order chi connectivity index (χ0) is 21.4. The molecule has 4 heteroatoms. The second kappa shape index (κ2) is 8.67. The normalized spacial score (nSPS) is 29.1. The fourth-order valence-corrected chi connectivity index (χ4v) is 6.51. The molecule has 3 fully saturated rings. The zero-order valence-corrected chi connectivity index (χ0v) is 18.6. The number of rotatable bonds is 8. The SMILES string of the molecule is CN(CC(O)C(O)(c1ccccc1)C1CCCC1)C1C2CN(Cc3ccccc3)CC21. The van der Waals surface area contributed by atoms with E-state index in [9.17, 15) is 10.2 Å². The molecule has 1 saturated heterocycles. The van der Waals surface area contributed by atoms with Gasteiger partial charge in [-0.15, -0.1) is 0 Å². The Morgan fingerprint density at radius 1 is 0.968 bits per heavy atom. The number of hydrogen-bond acceptors (Lipinski definition) is 4. The molecule has 0 amide bonds. The van der Waals surface area contributed by atoms with Crippen LogP contribution in [0.4, 0.5) is 0 Å². The zero-order valence-electron chi connectivity index (χ0n) is 18.6. The Morgan fingerprint density at radius 3 is 2.16 bits per heavy atom. The van der Waals surface area contributed by atoms with E-state index >= 15 is 0 Å². The lowest BCUT2D eigenvalue weighted by atomic mass is 9.76. The van der Waals surface area contributed by atoms with Crippen molar-refractivity contribution in [3.05, 3.63) is 71.8 Å². The van der Waals surface area contributed by atoms with Gasteiger partial charge in [-0.05, 0) is 48.8 Å². The van der Waals surface area contributed by atoms with Crippen molar-refractivity contribution in [1.29, 1.82) is 0 Å². The molecule has 2 aliphatic carbocycles. The monoisotopic (exact) mass is 420 g/mol. The van der Waals surface area contributed by atoms with E-state index in [4.69, 9.17) is 0 Å². The van der Waals surface area contributed by atoms with Crippen LogP contribution < -0.4 is 0 Å². The van der Waals surface area contributed by atoms with E-state index in [0.29, 0.717) is 24.4 Å². The lowest BCUT2D eigenvalue weighted by molar-refractivity contribution is -0.127. The third-order valence-electron chi connectivity index (χ3n) is 8.17. The fourth-order valence-electron chi connectivity index (χ4n) is 6.51. The smallest absolute Gasteiger partial charge is 0.119 e. The molecule has 166 valence electrons. The second-order valence-electron chi connectivity index (χ2n) is 10.1. The maximum absolute atomic E-state index is 11.8. The fraction of sp³-hybridized carbons (Fsp3) is 0.556. The van der Waals surface area contributed by atoms with Gasteiger partial charge in [0.15, 0.2) is 0 Å². The molecule has 4 unspecified atom stereocenters. The third kappa shape index (κ3) is 4.07. The molecule has 2 saturated carbocycles. The van der Waals surface area contributed by atoms with E-state index in [1.807, 2.05) is 30.3 Å². The summed E-state index contributed by atoms with van der Waals surface area (Å²) < 4.78 is 0. The van der Waals surface area contributed by atoms with Crippen molar-refractivity contribution in [2.75, 3.05) is 26.7 Å². The van der Waals surface area contributed by atoms with Gasteiger partial charge in [-0.25, -0.2) is 0 Å². The molecule has 1 heterocycles. The predicted octanol–water partition coefficient (Wildman–Crippen LogP) is 3.49. The van der Waals surface area contributed by atoms with E-state index in [2.05, 4.69) is 47.2 Å². The lowest BCUT2D eigenvalue weighted by Crippen LogP contribution is -2.51. The Balaban J connectivity index is 1.21. The van der Waals surface area contributed by atoms with Crippen molar-refractivity contribution in [2.24, 2.45) is 17.8 Å². The molecule has 31 heavy (non-hydrogen) atoms. The predicted molar refractivity (Wildman–Crippen MR) is 123 cm³/mol. The summed E-state index contributed by atoms with van der Waals surface area (Å²) in [6, 6.07) is 21.1. The topological polar surface area (TPSA) is 46.9 Å². The molecule has 0 bridgehead atoms. The minimum atomic E-state index is -1.16. The largest absolute Gasteiger partial charge is 0.388 e. The third-order valence-corrected chi connectivity index (χ3v) is 8.17. The highest BCUT2D eigenvalue weighted by atomic mass is 16.3. The van der Waals surface area contributed by atoms with Crippen LogP contribution in [0.1, 0.15) is 36.8 Å². The van der Waals surface area contributed by atoms with Gasteiger partial charge < -0.3 is 15.1 Å². The van der Waals surface area contributed by atoms with Crippen LogP contribution in [0.15, 0.2) is 60.7 Å². The highest BCUT2D eigenvalue weighted by Gasteiger charge is 2.58. The molecule has 4 nitrogen and oxygen atoms in total. The molecule has 0 aromatic heterocycles. The summed E-state index contributed by atoms with van der Waals surface area (Å²) in [7, 11) is 2.13. The highest BCUT2D eigenvalue weighted by Crippen LogP contribution is 2.49. The summed E-state index contributed by atoms with van der Waals surface area (Å²) >= 11 is 0. The van der Waals surface area contributed by atoms with Crippen LogP contribution in [0.5, 0.6) is 0 Å². The molecule has 3 aliphatic rings. The van der Waals surface area contributed by atoms with Crippen molar-refractivity contribution in [3.63, 3.8) is 0 Å². The van der Waals surface area contributed by atoms with Crippen molar-refractivity contribution in [1.82, 2.24) is 9.80 Å². The molecular weight excluding hydrogens is 384 g/mol.